The molecule has 0 unspecified atom stereocenters. The molecule has 2 fully saturated rings. The number of β-amino-alcohol motifs (C(OH)–C–C–N with tert-alkyl or cyclic N) is 1. The quantitative estimate of drug-likeness (QED) is 0.722. The zero-order valence-corrected chi connectivity index (χ0v) is 20.1. The predicted molar refractivity (Wildman–Crippen MR) is 125 cm³/mol. The number of likely N-dealkylation sites (tertiary alicyclic amines) is 2. The Morgan fingerprint density at radius 1 is 1.19 bits per heavy atom. The monoisotopic (exact) mass is 446 g/mol. The maximum absolute atomic E-state index is 13.5. The molecule has 3 rings (SSSR count). The zero-order valence-electron chi connectivity index (χ0n) is 20.1. The van der Waals surface area contributed by atoms with E-state index in [2.05, 4.69) is 10.2 Å². The first-order chi connectivity index (χ1) is 15.2. The summed E-state index contributed by atoms with van der Waals surface area (Å²) in [5.74, 6) is 0.0252. The van der Waals surface area contributed by atoms with Crippen LogP contribution in [-0.2, 0) is 9.53 Å². The Hall–Kier alpha value is -2.16. The summed E-state index contributed by atoms with van der Waals surface area (Å²) in [7, 11) is 3.93. The van der Waals surface area contributed by atoms with Gasteiger partial charge in [-0.3, -0.25) is 14.6 Å². The third-order valence-corrected chi connectivity index (χ3v) is 7.16. The number of aliphatic hydroxyl groups excluding tert-OH is 1. The molecular weight excluding hydrogens is 408 g/mol. The molecule has 32 heavy (non-hydrogen) atoms. The normalized spacial score (nSPS) is 23.8. The standard InChI is InChI=1S/C24H38N4O4/c1-6-32-23(31)28-13-10-19(20(29)16-28)27-14-11-24(12-15-27,26(4)5)22(30)25-21-17(2)8-7-9-18(21)3/h7-9,19-20,29H,6,10-16H2,1-5H3,(H,25,30)/t19-,20-/m0/s1. The highest BCUT2D eigenvalue weighted by Gasteiger charge is 2.46. The molecule has 0 aliphatic carbocycles. The van der Waals surface area contributed by atoms with Gasteiger partial charge >= 0.3 is 6.09 Å². The lowest BCUT2D eigenvalue weighted by molar-refractivity contribution is -0.131. The van der Waals surface area contributed by atoms with Gasteiger partial charge in [0.2, 0.25) is 5.91 Å². The molecule has 0 spiro atoms. The van der Waals surface area contributed by atoms with E-state index in [1.54, 1.807) is 11.8 Å². The third kappa shape index (κ3) is 4.92. The number of hydrogen-bond donors (Lipinski definition) is 2. The summed E-state index contributed by atoms with van der Waals surface area (Å²) in [5.41, 5.74) is 2.41. The van der Waals surface area contributed by atoms with Crippen molar-refractivity contribution >= 4 is 17.7 Å². The largest absolute Gasteiger partial charge is 0.450 e. The van der Waals surface area contributed by atoms with Gasteiger partial charge in [0.15, 0.2) is 0 Å². The van der Waals surface area contributed by atoms with Crippen molar-refractivity contribution in [1.82, 2.24) is 14.7 Å². The highest BCUT2D eigenvalue weighted by molar-refractivity contribution is 5.99. The lowest BCUT2D eigenvalue weighted by atomic mass is 9.83. The van der Waals surface area contributed by atoms with Crippen molar-refractivity contribution in [3.05, 3.63) is 29.3 Å². The van der Waals surface area contributed by atoms with Crippen LogP contribution in [0.15, 0.2) is 18.2 Å². The molecular formula is C24H38N4O4. The molecule has 2 saturated heterocycles. The molecule has 178 valence electrons. The summed E-state index contributed by atoms with van der Waals surface area (Å²) < 4.78 is 5.07. The number of piperidine rings is 2. The SMILES string of the molecule is CCOC(=O)N1CC[C@H](N2CCC(C(=O)Nc3c(C)cccc3C)(N(C)C)CC2)[C@@H](O)C1. The minimum atomic E-state index is -0.622. The number of ether oxygens (including phenoxy) is 1. The number of nitrogens with zero attached hydrogens (tertiary/aromatic N) is 3. The van der Waals surface area contributed by atoms with Crippen LogP contribution >= 0.6 is 0 Å². The Morgan fingerprint density at radius 2 is 1.81 bits per heavy atom. The minimum absolute atomic E-state index is 0.0116. The average molecular weight is 447 g/mol. The van der Waals surface area contributed by atoms with E-state index in [0.717, 1.165) is 29.9 Å². The Kier molecular flexibility index (Phi) is 7.79. The molecule has 1 aromatic carbocycles. The van der Waals surface area contributed by atoms with Crippen LogP contribution in [0, 0.1) is 13.8 Å². The van der Waals surface area contributed by atoms with Crippen molar-refractivity contribution in [3.8, 4) is 0 Å². The van der Waals surface area contributed by atoms with Gasteiger partial charge in [-0.2, -0.15) is 0 Å². The fraction of sp³-hybridized carbons (Fsp3) is 0.667. The molecule has 8 nitrogen and oxygen atoms in total. The number of anilines is 1. The van der Waals surface area contributed by atoms with Crippen molar-refractivity contribution in [2.75, 3.05) is 52.2 Å². The number of aryl methyl sites for hydroxylation is 2. The van der Waals surface area contributed by atoms with E-state index in [0.29, 0.717) is 32.4 Å². The molecule has 0 aromatic heterocycles. The summed E-state index contributed by atoms with van der Waals surface area (Å²) in [6.07, 6.45) is 1.08. The van der Waals surface area contributed by atoms with Crippen LogP contribution < -0.4 is 5.32 Å². The van der Waals surface area contributed by atoms with Crippen LogP contribution in [0.1, 0.15) is 37.3 Å². The third-order valence-electron chi connectivity index (χ3n) is 7.16. The first-order valence-corrected chi connectivity index (χ1v) is 11.6. The lowest BCUT2D eigenvalue weighted by Gasteiger charge is -2.49. The van der Waals surface area contributed by atoms with E-state index in [1.807, 2.05) is 51.0 Å². The number of para-hydroxylation sites is 1. The summed E-state index contributed by atoms with van der Waals surface area (Å²) >= 11 is 0. The maximum atomic E-state index is 13.5. The summed E-state index contributed by atoms with van der Waals surface area (Å²) in [4.78, 5) is 31.4. The Balaban J connectivity index is 1.65. The first-order valence-electron chi connectivity index (χ1n) is 11.6. The molecule has 2 atom stereocenters. The van der Waals surface area contributed by atoms with Gasteiger partial charge < -0.3 is 20.1 Å². The number of amides is 2. The van der Waals surface area contributed by atoms with Crippen LogP contribution in [0.2, 0.25) is 0 Å². The average Bonchev–Trinajstić information content (AvgIpc) is 2.76. The fourth-order valence-electron chi connectivity index (χ4n) is 5.07. The number of likely N-dealkylation sites (N-methyl/N-ethyl adjacent to an activating group) is 1. The lowest BCUT2D eigenvalue weighted by Crippen LogP contribution is -2.63. The summed E-state index contributed by atoms with van der Waals surface area (Å²) in [6, 6.07) is 6.01. The van der Waals surface area contributed by atoms with Crippen LogP contribution in [0.3, 0.4) is 0 Å². The van der Waals surface area contributed by atoms with Crippen LogP contribution in [-0.4, -0.2) is 96.4 Å². The molecule has 2 aliphatic rings. The van der Waals surface area contributed by atoms with Gasteiger partial charge in [-0.15, -0.1) is 0 Å². The van der Waals surface area contributed by atoms with Gasteiger partial charge in [0, 0.05) is 31.4 Å². The number of hydrogen-bond acceptors (Lipinski definition) is 6. The van der Waals surface area contributed by atoms with Gasteiger partial charge in [-0.1, -0.05) is 18.2 Å². The van der Waals surface area contributed by atoms with Crippen LogP contribution in [0.5, 0.6) is 0 Å². The first kappa shape index (κ1) is 24.5. The van der Waals surface area contributed by atoms with Crippen molar-refractivity contribution in [2.45, 2.75) is 57.7 Å². The van der Waals surface area contributed by atoms with Crippen molar-refractivity contribution in [1.29, 1.82) is 0 Å². The molecule has 2 heterocycles. The van der Waals surface area contributed by atoms with Gasteiger partial charge in [0.25, 0.3) is 0 Å². The van der Waals surface area contributed by atoms with E-state index < -0.39 is 11.6 Å². The molecule has 0 radical (unpaired) electrons. The Bertz CT molecular complexity index is 800. The number of carbonyl (C=O) groups is 2. The topological polar surface area (TPSA) is 85.4 Å². The second-order valence-electron chi connectivity index (χ2n) is 9.25. The summed E-state index contributed by atoms with van der Waals surface area (Å²) in [5, 5.41) is 13.9. The van der Waals surface area contributed by atoms with E-state index >= 15 is 0 Å². The number of carbonyl (C=O) groups excluding carboxylic acids is 2. The van der Waals surface area contributed by atoms with E-state index in [-0.39, 0.29) is 24.6 Å². The van der Waals surface area contributed by atoms with Crippen molar-refractivity contribution in [2.24, 2.45) is 0 Å². The Morgan fingerprint density at radius 3 is 2.34 bits per heavy atom. The highest BCUT2D eigenvalue weighted by Crippen LogP contribution is 2.32. The highest BCUT2D eigenvalue weighted by atomic mass is 16.6. The molecule has 2 N–H and O–H groups in total. The minimum Gasteiger partial charge on any atom is -0.450 e. The molecule has 8 heteroatoms. The Labute approximate surface area is 191 Å². The van der Waals surface area contributed by atoms with Gasteiger partial charge in [0.1, 0.15) is 5.54 Å². The van der Waals surface area contributed by atoms with E-state index in [4.69, 9.17) is 4.74 Å². The van der Waals surface area contributed by atoms with Crippen LogP contribution in [0.4, 0.5) is 10.5 Å². The molecule has 2 amide bonds. The van der Waals surface area contributed by atoms with Gasteiger partial charge in [-0.25, -0.2) is 4.79 Å². The fourth-order valence-corrected chi connectivity index (χ4v) is 5.07. The number of rotatable bonds is 5. The molecule has 0 saturated carbocycles. The molecule has 2 aliphatic heterocycles. The smallest absolute Gasteiger partial charge is 0.409 e. The molecule has 0 bridgehead atoms. The number of benzene rings is 1. The van der Waals surface area contributed by atoms with E-state index in [1.165, 1.54) is 0 Å². The summed E-state index contributed by atoms with van der Waals surface area (Å²) in [6.45, 7) is 8.43. The second kappa shape index (κ2) is 10.2. The molecule has 1 aromatic rings. The van der Waals surface area contributed by atoms with Gasteiger partial charge in [-0.05, 0) is 65.3 Å². The van der Waals surface area contributed by atoms with E-state index in [9.17, 15) is 14.7 Å². The van der Waals surface area contributed by atoms with Gasteiger partial charge in [0.05, 0.1) is 19.3 Å². The van der Waals surface area contributed by atoms with Crippen molar-refractivity contribution in [3.63, 3.8) is 0 Å². The van der Waals surface area contributed by atoms with Crippen LogP contribution in [0.25, 0.3) is 0 Å². The predicted octanol–water partition coefficient (Wildman–Crippen LogP) is 2.23. The zero-order chi connectivity index (χ0) is 23.5. The maximum Gasteiger partial charge on any atom is 0.409 e. The number of aliphatic hydroxyl groups is 1. The number of nitrogens with one attached hydrogen (secondary N) is 1. The second-order valence-corrected chi connectivity index (χ2v) is 9.25. The van der Waals surface area contributed by atoms with Crippen molar-refractivity contribution < 1.29 is 19.4 Å².